The number of ether oxygens (including phenoxy) is 1. The number of aliphatic hydroxyl groups is 1. The molecule has 8 heteroatoms. The van der Waals surface area contributed by atoms with E-state index in [1.54, 1.807) is 20.8 Å². The summed E-state index contributed by atoms with van der Waals surface area (Å²) in [5, 5.41) is 19.7. The number of nitrogens with zero attached hydrogens (tertiary/aromatic N) is 1. The lowest BCUT2D eigenvalue weighted by Crippen LogP contribution is -2.52. The molecule has 0 heterocycles. The van der Waals surface area contributed by atoms with Crippen molar-refractivity contribution in [1.82, 2.24) is 10.2 Å². The maximum Gasteiger partial charge on any atom is 0.328 e. The Hall–Kier alpha value is -1.83. The summed E-state index contributed by atoms with van der Waals surface area (Å²) in [4.78, 5) is 35.0. The maximum atomic E-state index is 11.8. The van der Waals surface area contributed by atoms with Crippen molar-refractivity contribution in [3.63, 3.8) is 0 Å². The van der Waals surface area contributed by atoms with Crippen molar-refractivity contribution >= 4 is 18.0 Å². The van der Waals surface area contributed by atoms with Gasteiger partial charge in [-0.1, -0.05) is 0 Å². The number of esters is 1. The molecule has 0 spiro atoms. The van der Waals surface area contributed by atoms with Gasteiger partial charge >= 0.3 is 18.0 Å². The minimum Gasteiger partial charge on any atom is -0.480 e. The monoisotopic (exact) mass is 276 g/mol. The third-order valence-corrected chi connectivity index (χ3v) is 2.27. The molecule has 0 saturated carbocycles. The Morgan fingerprint density at radius 3 is 2.26 bits per heavy atom. The third-order valence-electron chi connectivity index (χ3n) is 2.27. The Labute approximate surface area is 111 Å². The highest BCUT2D eigenvalue weighted by molar-refractivity contribution is 5.85. The number of aliphatic hydroxyl groups excluding tert-OH is 1. The molecule has 0 aliphatic carbocycles. The Bertz CT molecular complexity index is 331. The van der Waals surface area contributed by atoms with Crippen molar-refractivity contribution in [1.29, 1.82) is 0 Å². The average molecular weight is 276 g/mol. The van der Waals surface area contributed by atoms with Gasteiger partial charge in [0.1, 0.15) is 6.54 Å². The molecular weight excluding hydrogens is 256 g/mol. The molecule has 0 saturated heterocycles. The zero-order valence-corrected chi connectivity index (χ0v) is 11.3. The highest BCUT2D eigenvalue weighted by Gasteiger charge is 2.25. The molecule has 2 amide bonds. The molecule has 0 aliphatic heterocycles. The highest BCUT2D eigenvalue weighted by atomic mass is 16.5. The van der Waals surface area contributed by atoms with Crippen LogP contribution in [0, 0.1) is 0 Å². The Kier molecular flexibility index (Phi) is 7.50. The average Bonchev–Trinajstić information content (AvgIpc) is 2.32. The summed E-state index contributed by atoms with van der Waals surface area (Å²) < 4.78 is 4.73. The lowest BCUT2D eigenvalue weighted by molar-refractivity contribution is -0.144. The van der Waals surface area contributed by atoms with Crippen LogP contribution >= 0.6 is 0 Å². The van der Waals surface area contributed by atoms with E-state index in [0.29, 0.717) is 0 Å². The van der Waals surface area contributed by atoms with E-state index in [9.17, 15) is 14.4 Å². The smallest absolute Gasteiger partial charge is 0.328 e. The minimum atomic E-state index is -1.41. The maximum absolute atomic E-state index is 11.8. The first-order valence-corrected chi connectivity index (χ1v) is 5.89. The number of carbonyl (C=O) groups is 3. The van der Waals surface area contributed by atoms with Crippen LogP contribution in [-0.2, 0) is 14.3 Å². The van der Waals surface area contributed by atoms with Crippen LogP contribution in [0.15, 0.2) is 0 Å². The van der Waals surface area contributed by atoms with E-state index >= 15 is 0 Å². The first kappa shape index (κ1) is 17.2. The second-order valence-electron chi connectivity index (χ2n) is 4.05. The number of hydrogen-bond acceptors (Lipinski definition) is 5. The van der Waals surface area contributed by atoms with Crippen LogP contribution in [-0.4, -0.2) is 64.9 Å². The van der Waals surface area contributed by atoms with Crippen molar-refractivity contribution in [2.45, 2.75) is 32.9 Å². The van der Waals surface area contributed by atoms with Gasteiger partial charge in [-0.05, 0) is 20.8 Å². The van der Waals surface area contributed by atoms with E-state index in [-0.39, 0.29) is 19.2 Å². The van der Waals surface area contributed by atoms with Crippen molar-refractivity contribution < 1.29 is 29.3 Å². The number of amides is 2. The van der Waals surface area contributed by atoms with E-state index in [2.05, 4.69) is 5.32 Å². The van der Waals surface area contributed by atoms with Gasteiger partial charge in [-0.15, -0.1) is 0 Å². The second kappa shape index (κ2) is 8.30. The van der Waals surface area contributed by atoms with Gasteiger partial charge in [0.05, 0.1) is 13.2 Å². The summed E-state index contributed by atoms with van der Waals surface area (Å²) in [5.74, 6) is -1.93. The molecule has 1 atom stereocenters. The van der Waals surface area contributed by atoms with Crippen LogP contribution in [0.5, 0.6) is 0 Å². The normalized spacial score (nSPS) is 11.8. The Morgan fingerprint density at radius 2 is 1.89 bits per heavy atom. The molecule has 19 heavy (non-hydrogen) atoms. The van der Waals surface area contributed by atoms with Gasteiger partial charge in [0.25, 0.3) is 0 Å². The number of aliphatic carboxylic acids is 1. The van der Waals surface area contributed by atoms with Gasteiger partial charge in [-0.3, -0.25) is 4.79 Å². The number of rotatable bonds is 7. The lowest BCUT2D eigenvalue weighted by atomic mass is 10.3. The van der Waals surface area contributed by atoms with E-state index in [0.717, 1.165) is 4.90 Å². The predicted octanol–water partition coefficient (Wildman–Crippen LogP) is -0.585. The quantitative estimate of drug-likeness (QED) is 0.535. The summed E-state index contributed by atoms with van der Waals surface area (Å²) in [7, 11) is 0. The number of hydrogen-bond donors (Lipinski definition) is 3. The summed E-state index contributed by atoms with van der Waals surface area (Å²) in [5.41, 5.74) is 0. The molecule has 0 aromatic rings. The van der Waals surface area contributed by atoms with Crippen molar-refractivity contribution in [2.24, 2.45) is 0 Å². The molecule has 110 valence electrons. The molecule has 0 aromatic carbocycles. The zero-order chi connectivity index (χ0) is 15.0. The Morgan fingerprint density at radius 1 is 1.32 bits per heavy atom. The van der Waals surface area contributed by atoms with E-state index < -0.39 is 30.6 Å². The fourth-order valence-corrected chi connectivity index (χ4v) is 1.25. The predicted molar refractivity (Wildman–Crippen MR) is 65.5 cm³/mol. The van der Waals surface area contributed by atoms with Gasteiger partial charge in [0.2, 0.25) is 0 Å². The molecular formula is C11H20N2O6. The van der Waals surface area contributed by atoms with E-state index in [1.807, 2.05) is 0 Å². The first-order chi connectivity index (χ1) is 8.83. The van der Waals surface area contributed by atoms with Crippen LogP contribution < -0.4 is 5.32 Å². The van der Waals surface area contributed by atoms with Crippen LogP contribution in [0.1, 0.15) is 20.8 Å². The highest BCUT2D eigenvalue weighted by Crippen LogP contribution is 2.01. The van der Waals surface area contributed by atoms with Crippen LogP contribution in [0.25, 0.3) is 0 Å². The van der Waals surface area contributed by atoms with E-state index in [4.69, 9.17) is 14.9 Å². The summed E-state index contributed by atoms with van der Waals surface area (Å²) in [6.07, 6.45) is 0. The summed E-state index contributed by atoms with van der Waals surface area (Å²) in [6.45, 7) is 4.17. The van der Waals surface area contributed by atoms with Crippen LogP contribution in [0.4, 0.5) is 4.79 Å². The molecule has 0 unspecified atom stereocenters. The summed E-state index contributed by atoms with van der Waals surface area (Å²) in [6, 6.07) is -2.47. The van der Waals surface area contributed by atoms with Crippen molar-refractivity contribution in [2.75, 3.05) is 19.8 Å². The molecule has 0 radical (unpaired) electrons. The Balaban J connectivity index is 4.66. The molecule has 8 nitrogen and oxygen atoms in total. The summed E-state index contributed by atoms with van der Waals surface area (Å²) >= 11 is 0. The van der Waals surface area contributed by atoms with Gasteiger partial charge in [-0.25, -0.2) is 9.59 Å². The minimum absolute atomic E-state index is 0.195. The third kappa shape index (κ3) is 6.05. The fraction of sp³-hybridized carbons (Fsp3) is 0.727. The molecule has 0 aromatic heterocycles. The van der Waals surface area contributed by atoms with Gasteiger partial charge in [0, 0.05) is 6.04 Å². The van der Waals surface area contributed by atoms with E-state index in [1.165, 1.54) is 0 Å². The molecule has 0 aliphatic rings. The SMILES string of the molecule is CCOC(=O)CN(C(=O)N[C@H](CO)C(=O)O)C(C)C. The number of carboxylic acid groups (broad SMARTS) is 1. The lowest BCUT2D eigenvalue weighted by Gasteiger charge is -2.27. The largest absolute Gasteiger partial charge is 0.480 e. The molecule has 3 N–H and O–H groups in total. The molecule has 0 rings (SSSR count). The fourth-order valence-electron chi connectivity index (χ4n) is 1.25. The van der Waals surface area contributed by atoms with Crippen molar-refractivity contribution in [3.05, 3.63) is 0 Å². The van der Waals surface area contributed by atoms with Crippen LogP contribution in [0.2, 0.25) is 0 Å². The van der Waals surface area contributed by atoms with Crippen molar-refractivity contribution in [3.8, 4) is 0 Å². The second-order valence-corrected chi connectivity index (χ2v) is 4.05. The zero-order valence-electron chi connectivity index (χ0n) is 11.3. The van der Waals surface area contributed by atoms with Gasteiger partial charge in [-0.2, -0.15) is 0 Å². The van der Waals surface area contributed by atoms with Gasteiger partial charge < -0.3 is 25.2 Å². The number of urea groups is 1. The first-order valence-electron chi connectivity index (χ1n) is 5.89. The number of nitrogens with one attached hydrogen (secondary N) is 1. The molecule has 0 fully saturated rings. The topological polar surface area (TPSA) is 116 Å². The standard InChI is InChI=1S/C11H20N2O6/c1-4-19-9(15)5-13(7(2)3)11(18)12-8(6-14)10(16)17/h7-8,14H,4-6H2,1-3H3,(H,12,18)(H,16,17)/t8-/m1/s1. The number of carboxylic acids is 1. The number of carbonyl (C=O) groups excluding carboxylic acids is 2. The molecule has 0 bridgehead atoms. The van der Waals surface area contributed by atoms with Gasteiger partial charge in [0.15, 0.2) is 6.04 Å². The van der Waals surface area contributed by atoms with Crippen LogP contribution in [0.3, 0.4) is 0 Å².